The van der Waals surface area contributed by atoms with Gasteiger partial charge in [-0.1, -0.05) is 0 Å². The van der Waals surface area contributed by atoms with E-state index >= 15 is 0 Å². The van der Waals surface area contributed by atoms with Gasteiger partial charge in [-0.05, 0) is 32.0 Å². The van der Waals surface area contributed by atoms with Crippen LogP contribution in [0.25, 0.3) is 0 Å². The lowest BCUT2D eigenvalue weighted by Crippen LogP contribution is -2.02. The van der Waals surface area contributed by atoms with Crippen molar-refractivity contribution >= 4 is 16.0 Å². The average molecular weight is 246 g/mol. The lowest BCUT2D eigenvalue weighted by molar-refractivity contribution is 0.101. The molecule has 0 saturated carbocycles. The first-order chi connectivity index (χ1) is 7.36. The van der Waals surface area contributed by atoms with Crippen LogP contribution in [0, 0.1) is 0 Å². The van der Waals surface area contributed by atoms with Gasteiger partial charge in [-0.25, -0.2) is 0 Å². The lowest BCUT2D eigenvalue weighted by atomic mass is 10.1. The van der Waals surface area contributed by atoms with E-state index in [0.717, 1.165) is 6.07 Å². The summed E-state index contributed by atoms with van der Waals surface area (Å²) in [5, 5.41) is 0. The van der Waals surface area contributed by atoms with Crippen molar-refractivity contribution in [2.45, 2.75) is 18.7 Å². The van der Waals surface area contributed by atoms with E-state index in [9.17, 15) is 17.1 Å². The molecule has 4 nitrogen and oxygen atoms in total. The van der Waals surface area contributed by atoms with Crippen molar-refractivity contribution in [3.8, 4) is 5.75 Å². The van der Waals surface area contributed by atoms with Crippen molar-refractivity contribution in [1.29, 1.82) is 0 Å². The second kappa shape index (κ2) is 4.61. The number of rotatable bonds is 4. The number of carbonyl (C=O) groups excluding carboxylic acids is 1. The van der Waals surface area contributed by atoms with Crippen LogP contribution in [0.15, 0.2) is 23.1 Å². The molecule has 0 aliphatic heterocycles. The maximum absolute atomic E-state index is 12.9. The van der Waals surface area contributed by atoms with Crippen LogP contribution in [0.3, 0.4) is 0 Å². The van der Waals surface area contributed by atoms with Gasteiger partial charge in [-0.15, -0.1) is 3.89 Å². The topological polar surface area (TPSA) is 60.4 Å². The summed E-state index contributed by atoms with van der Waals surface area (Å²) < 4.78 is 39.6. The predicted molar refractivity (Wildman–Crippen MR) is 55.9 cm³/mol. The normalized spacial score (nSPS) is 11.2. The fourth-order valence-corrected chi connectivity index (χ4v) is 1.83. The second-order valence-corrected chi connectivity index (χ2v) is 4.40. The number of ketones is 1. The van der Waals surface area contributed by atoms with Crippen molar-refractivity contribution in [2.24, 2.45) is 0 Å². The number of hydrogen-bond acceptors (Lipinski definition) is 4. The van der Waals surface area contributed by atoms with Crippen molar-refractivity contribution in [2.75, 3.05) is 6.61 Å². The van der Waals surface area contributed by atoms with Crippen molar-refractivity contribution in [3.05, 3.63) is 23.8 Å². The zero-order chi connectivity index (χ0) is 12.3. The molecule has 0 aliphatic carbocycles. The molecule has 0 aromatic heterocycles. The largest absolute Gasteiger partial charge is 0.492 e. The van der Waals surface area contributed by atoms with E-state index in [1.54, 1.807) is 6.92 Å². The molecule has 0 amide bonds. The third-order valence-corrected chi connectivity index (χ3v) is 2.76. The van der Waals surface area contributed by atoms with Crippen LogP contribution in [0.2, 0.25) is 0 Å². The summed E-state index contributed by atoms with van der Waals surface area (Å²) in [6, 6.07) is 3.64. The van der Waals surface area contributed by atoms with Crippen LogP contribution in [0.1, 0.15) is 24.2 Å². The van der Waals surface area contributed by atoms with E-state index in [1.807, 2.05) is 0 Å². The van der Waals surface area contributed by atoms with Gasteiger partial charge >= 0.3 is 10.2 Å². The Morgan fingerprint density at radius 1 is 1.44 bits per heavy atom. The summed E-state index contributed by atoms with van der Waals surface area (Å²) in [6.07, 6.45) is 0. The first-order valence-electron chi connectivity index (χ1n) is 4.58. The van der Waals surface area contributed by atoms with Crippen LogP contribution in [-0.2, 0) is 10.2 Å². The third kappa shape index (κ3) is 2.79. The molecule has 88 valence electrons. The number of Topliss-reactive ketones (excluding diaryl/α,β-unsaturated/α-hetero) is 1. The summed E-state index contributed by atoms with van der Waals surface area (Å²) in [5.41, 5.74) is 0.125. The molecule has 0 saturated heterocycles. The molecular weight excluding hydrogens is 235 g/mol. The first kappa shape index (κ1) is 12.6. The standard InChI is InChI=1S/C10H11FO4S/c1-3-15-9-5-4-8(7(2)12)6-10(9)16(11,13)14/h4-6H,3H2,1-2H3. The summed E-state index contributed by atoms with van der Waals surface area (Å²) in [5.74, 6) is -0.428. The molecule has 1 rings (SSSR count). The molecule has 0 atom stereocenters. The van der Waals surface area contributed by atoms with Gasteiger partial charge in [0.25, 0.3) is 0 Å². The second-order valence-electron chi connectivity index (χ2n) is 3.09. The molecule has 1 aromatic rings. The molecule has 0 bridgehead atoms. The Bertz CT molecular complexity index is 508. The van der Waals surface area contributed by atoms with Crippen molar-refractivity contribution in [3.63, 3.8) is 0 Å². The fraction of sp³-hybridized carbons (Fsp3) is 0.300. The Kier molecular flexibility index (Phi) is 3.64. The summed E-state index contributed by atoms with van der Waals surface area (Å²) in [4.78, 5) is 10.4. The number of ether oxygens (including phenoxy) is 1. The lowest BCUT2D eigenvalue weighted by Gasteiger charge is -2.07. The first-order valence-corrected chi connectivity index (χ1v) is 5.97. The smallest absolute Gasteiger partial charge is 0.335 e. The molecule has 0 unspecified atom stereocenters. The van der Waals surface area contributed by atoms with Gasteiger partial charge < -0.3 is 4.74 Å². The maximum atomic E-state index is 12.9. The fourth-order valence-electron chi connectivity index (χ4n) is 1.19. The third-order valence-electron chi connectivity index (χ3n) is 1.91. The monoisotopic (exact) mass is 246 g/mol. The van der Waals surface area contributed by atoms with Gasteiger partial charge in [0.2, 0.25) is 0 Å². The average Bonchev–Trinajstić information content (AvgIpc) is 2.16. The highest BCUT2D eigenvalue weighted by Gasteiger charge is 2.20. The van der Waals surface area contributed by atoms with E-state index in [4.69, 9.17) is 4.74 Å². The summed E-state index contributed by atoms with van der Waals surface area (Å²) >= 11 is 0. The molecule has 0 aliphatic rings. The maximum Gasteiger partial charge on any atom is 0.335 e. The van der Waals surface area contributed by atoms with Gasteiger partial charge in [0.05, 0.1) is 6.61 Å². The summed E-state index contributed by atoms with van der Waals surface area (Å²) in [6.45, 7) is 3.12. The van der Waals surface area contributed by atoms with Gasteiger partial charge in [0.1, 0.15) is 10.6 Å². The molecule has 0 radical (unpaired) electrons. The Hall–Kier alpha value is -1.43. The van der Waals surface area contributed by atoms with Gasteiger partial charge in [0, 0.05) is 5.56 Å². The van der Waals surface area contributed by atoms with Crippen LogP contribution < -0.4 is 4.74 Å². The van der Waals surface area contributed by atoms with E-state index in [-0.39, 0.29) is 23.7 Å². The molecule has 6 heteroatoms. The number of hydrogen-bond donors (Lipinski definition) is 0. The minimum absolute atomic E-state index is 0.0880. The Labute approximate surface area is 93.3 Å². The molecule has 0 heterocycles. The Balaban J connectivity index is 3.39. The minimum atomic E-state index is -4.89. The number of carbonyl (C=O) groups is 1. The summed E-state index contributed by atoms with van der Waals surface area (Å²) in [7, 11) is -4.89. The zero-order valence-corrected chi connectivity index (χ0v) is 9.67. The predicted octanol–water partition coefficient (Wildman–Crippen LogP) is 1.95. The molecule has 0 spiro atoms. The zero-order valence-electron chi connectivity index (χ0n) is 8.86. The van der Waals surface area contributed by atoms with Crippen LogP contribution in [-0.4, -0.2) is 20.8 Å². The molecule has 0 N–H and O–H groups in total. The van der Waals surface area contributed by atoms with E-state index in [0.29, 0.717) is 0 Å². The highest BCUT2D eigenvalue weighted by molar-refractivity contribution is 7.86. The van der Waals surface area contributed by atoms with E-state index < -0.39 is 15.1 Å². The van der Waals surface area contributed by atoms with Gasteiger partial charge in [0.15, 0.2) is 5.78 Å². The van der Waals surface area contributed by atoms with Gasteiger partial charge in [-0.3, -0.25) is 4.79 Å². The van der Waals surface area contributed by atoms with Crippen LogP contribution in [0.4, 0.5) is 3.89 Å². The van der Waals surface area contributed by atoms with Crippen LogP contribution in [0.5, 0.6) is 5.75 Å². The SMILES string of the molecule is CCOc1ccc(C(C)=O)cc1S(=O)(=O)F. The van der Waals surface area contributed by atoms with Crippen LogP contribution >= 0.6 is 0 Å². The van der Waals surface area contributed by atoms with E-state index in [1.165, 1.54) is 19.1 Å². The number of halogens is 1. The van der Waals surface area contributed by atoms with Gasteiger partial charge in [-0.2, -0.15) is 8.42 Å². The highest BCUT2D eigenvalue weighted by Crippen LogP contribution is 2.26. The molecule has 1 aromatic carbocycles. The highest BCUT2D eigenvalue weighted by atomic mass is 32.3. The Morgan fingerprint density at radius 3 is 2.50 bits per heavy atom. The minimum Gasteiger partial charge on any atom is -0.492 e. The van der Waals surface area contributed by atoms with Crippen molar-refractivity contribution < 1.29 is 21.8 Å². The van der Waals surface area contributed by atoms with Crippen molar-refractivity contribution in [1.82, 2.24) is 0 Å². The Morgan fingerprint density at radius 2 is 2.06 bits per heavy atom. The molecule has 0 fully saturated rings. The quantitative estimate of drug-likeness (QED) is 0.601. The van der Waals surface area contributed by atoms with E-state index in [2.05, 4.69) is 0 Å². The molecule has 16 heavy (non-hydrogen) atoms. The molecular formula is C10H11FO4S. The number of benzene rings is 1.